The molecule has 158 valence electrons. The quantitative estimate of drug-likeness (QED) is 0.305. The van der Waals surface area contributed by atoms with Crippen molar-refractivity contribution >= 4 is 23.3 Å². The van der Waals surface area contributed by atoms with Crippen LogP contribution in [0.3, 0.4) is 0 Å². The van der Waals surface area contributed by atoms with E-state index in [9.17, 15) is 13.6 Å². The minimum absolute atomic E-state index is 0.183. The van der Waals surface area contributed by atoms with Gasteiger partial charge in [0.25, 0.3) is 5.91 Å². The number of carbonyl (C=O) groups is 1. The zero-order valence-electron chi connectivity index (χ0n) is 16.7. The average Bonchev–Trinajstić information content (AvgIpc) is 2.68. The van der Waals surface area contributed by atoms with Crippen LogP contribution >= 0.6 is 0 Å². The molecule has 0 aliphatic carbocycles. The van der Waals surface area contributed by atoms with Gasteiger partial charge < -0.3 is 16.0 Å². The summed E-state index contributed by atoms with van der Waals surface area (Å²) in [5.41, 5.74) is 8.42. The summed E-state index contributed by atoms with van der Waals surface area (Å²) in [6.45, 7) is 3.28. The largest absolute Gasteiger partial charge is 0.368 e. The zero-order valence-corrected chi connectivity index (χ0v) is 16.7. The molecule has 0 radical (unpaired) electrons. The van der Waals surface area contributed by atoms with E-state index in [-0.39, 0.29) is 5.82 Å². The van der Waals surface area contributed by atoms with Gasteiger partial charge in [0, 0.05) is 26.3 Å². The number of aromatic nitrogens is 1. The molecular weight excluding hydrogens is 392 g/mol. The molecule has 0 unspecified atom stereocenters. The summed E-state index contributed by atoms with van der Waals surface area (Å²) in [5.74, 6) is 3.25. The third-order valence-corrected chi connectivity index (χ3v) is 4.75. The summed E-state index contributed by atoms with van der Waals surface area (Å²) in [6, 6.07) is 6.61. The van der Waals surface area contributed by atoms with Crippen molar-refractivity contribution in [2.75, 3.05) is 25.5 Å². The number of benzene rings is 1. The molecule has 1 amide bonds. The van der Waals surface area contributed by atoms with Crippen molar-refractivity contribution in [2.24, 2.45) is 16.7 Å². The fourth-order valence-corrected chi connectivity index (χ4v) is 3.16. The molecule has 0 fully saturated rings. The molecule has 30 heavy (non-hydrogen) atoms. The van der Waals surface area contributed by atoms with Crippen LogP contribution in [0.25, 0.3) is 5.57 Å². The summed E-state index contributed by atoms with van der Waals surface area (Å²) in [7, 11) is 1.59. The first-order chi connectivity index (χ1) is 14.3. The van der Waals surface area contributed by atoms with Crippen molar-refractivity contribution in [1.29, 1.82) is 0 Å². The van der Waals surface area contributed by atoms with Crippen LogP contribution in [0.5, 0.6) is 0 Å². The first-order valence-corrected chi connectivity index (χ1v) is 9.24. The maximum Gasteiger partial charge on any atom is 0.262 e. The summed E-state index contributed by atoms with van der Waals surface area (Å²) >= 11 is 0. The predicted octanol–water partition coefficient (Wildman–Crippen LogP) is 2.13. The number of nitrogens with one attached hydrogen (secondary N) is 1. The number of amides is 1. The number of guanidine groups is 1. The first kappa shape index (κ1) is 21.2. The van der Waals surface area contributed by atoms with Crippen LogP contribution in [-0.4, -0.2) is 47.0 Å². The molecule has 1 aliphatic rings. The second-order valence-corrected chi connectivity index (χ2v) is 6.95. The average molecular weight is 415 g/mol. The van der Waals surface area contributed by atoms with Crippen LogP contribution in [0, 0.1) is 11.6 Å². The van der Waals surface area contributed by atoms with Gasteiger partial charge in [0.2, 0.25) is 5.96 Å². The van der Waals surface area contributed by atoms with Gasteiger partial charge in [-0.05, 0) is 48.7 Å². The molecule has 0 saturated heterocycles. The van der Waals surface area contributed by atoms with Gasteiger partial charge in [-0.25, -0.2) is 24.7 Å². The minimum Gasteiger partial charge on any atom is -0.368 e. The maximum atomic E-state index is 13.8. The fraction of sp³-hybridized carbons (Fsp3) is 0.250. The number of rotatable bonds is 4. The predicted molar refractivity (Wildman–Crippen MR) is 111 cm³/mol. The minimum atomic E-state index is -0.936. The van der Waals surface area contributed by atoms with Crippen molar-refractivity contribution < 1.29 is 13.6 Å². The van der Waals surface area contributed by atoms with Crippen LogP contribution in [0.2, 0.25) is 0 Å². The summed E-state index contributed by atoms with van der Waals surface area (Å²) < 4.78 is 27.5. The standard InChI is InChI=1S/C20H23F2N7O/c1-12-8-9-29(20(23)27-28(2)24)11-14(12)13-6-7-17(25-10-13)26-19(30)18-15(21)4-3-5-16(18)22/h3-7,10H,8-9,11,24H2,1-2H3,(H2,23,27)(H,25,26,30). The molecule has 0 bridgehead atoms. The number of hydrogen-bond acceptors (Lipinski definition) is 5. The van der Waals surface area contributed by atoms with Crippen molar-refractivity contribution in [3.05, 3.63) is 64.9 Å². The van der Waals surface area contributed by atoms with Crippen molar-refractivity contribution in [3.8, 4) is 0 Å². The highest BCUT2D eigenvalue weighted by atomic mass is 19.1. The van der Waals surface area contributed by atoms with Crippen LogP contribution in [0.1, 0.15) is 29.3 Å². The lowest BCUT2D eigenvalue weighted by Gasteiger charge is -2.31. The van der Waals surface area contributed by atoms with E-state index in [0.717, 1.165) is 34.8 Å². The normalized spacial score (nSPS) is 14.7. The van der Waals surface area contributed by atoms with Crippen molar-refractivity contribution in [1.82, 2.24) is 15.0 Å². The molecule has 0 saturated carbocycles. The molecule has 0 spiro atoms. The Kier molecular flexibility index (Phi) is 6.26. The smallest absolute Gasteiger partial charge is 0.262 e. The highest BCUT2D eigenvalue weighted by Gasteiger charge is 2.21. The van der Waals surface area contributed by atoms with Gasteiger partial charge in [-0.3, -0.25) is 4.79 Å². The van der Waals surface area contributed by atoms with E-state index in [1.165, 1.54) is 11.6 Å². The Hall–Kier alpha value is -3.53. The van der Waals surface area contributed by atoms with E-state index in [1.54, 1.807) is 25.4 Å². The van der Waals surface area contributed by atoms with Crippen LogP contribution < -0.4 is 16.9 Å². The molecule has 5 N–H and O–H groups in total. The van der Waals surface area contributed by atoms with Crippen LogP contribution in [0.15, 0.2) is 47.2 Å². The van der Waals surface area contributed by atoms with Gasteiger partial charge in [-0.2, -0.15) is 0 Å². The Labute approximate surface area is 172 Å². The van der Waals surface area contributed by atoms with E-state index in [1.807, 2.05) is 11.8 Å². The van der Waals surface area contributed by atoms with E-state index in [0.29, 0.717) is 19.0 Å². The van der Waals surface area contributed by atoms with Gasteiger partial charge in [0.05, 0.1) is 0 Å². The molecule has 0 atom stereocenters. The Balaban J connectivity index is 1.76. The highest BCUT2D eigenvalue weighted by Crippen LogP contribution is 2.26. The third-order valence-electron chi connectivity index (χ3n) is 4.75. The van der Waals surface area contributed by atoms with E-state index in [2.05, 4.69) is 15.4 Å². The van der Waals surface area contributed by atoms with Gasteiger partial charge in [0.15, 0.2) is 0 Å². The number of anilines is 1. The zero-order chi connectivity index (χ0) is 21.8. The number of hydrazone groups is 1. The number of hydrazine groups is 1. The lowest BCUT2D eigenvalue weighted by Crippen LogP contribution is -2.43. The van der Waals surface area contributed by atoms with Crippen LogP contribution in [-0.2, 0) is 0 Å². The lowest BCUT2D eigenvalue weighted by molar-refractivity contribution is 0.101. The number of carbonyl (C=O) groups excluding carboxylic acids is 1. The number of nitrogens with zero attached hydrogens (tertiary/aromatic N) is 4. The second kappa shape index (κ2) is 8.87. The third kappa shape index (κ3) is 4.71. The van der Waals surface area contributed by atoms with Crippen molar-refractivity contribution in [3.63, 3.8) is 0 Å². The molecular formula is C20H23F2N7O. The van der Waals surface area contributed by atoms with Gasteiger partial charge in [-0.15, -0.1) is 5.10 Å². The molecule has 1 aromatic carbocycles. The number of nitrogens with two attached hydrogens (primary N) is 2. The molecule has 1 aliphatic heterocycles. The molecule has 1 aromatic heterocycles. The summed E-state index contributed by atoms with van der Waals surface area (Å²) in [5, 5.41) is 7.59. The molecule has 10 heteroatoms. The molecule has 2 heterocycles. The monoisotopic (exact) mass is 415 g/mol. The molecule has 2 aromatic rings. The Morgan fingerprint density at radius 2 is 1.97 bits per heavy atom. The Morgan fingerprint density at radius 1 is 1.27 bits per heavy atom. The van der Waals surface area contributed by atoms with Crippen LogP contribution in [0.4, 0.5) is 14.6 Å². The maximum absolute atomic E-state index is 13.8. The van der Waals surface area contributed by atoms with E-state index < -0.39 is 23.1 Å². The number of hydrogen-bond donors (Lipinski definition) is 3. The SMILES string of the molecule is CC1=C(c2ccc(NC(=O)c3c(F)cccc3F)nc2)CN(/C(N)=N/N(C)N)CC1. The van der Waals surface area contributed by atoms with Gasteiger partial charge >= 0.3 is 0 Å². The lowest BCUT2D eigenvalue weighted by atomic mass is 9.96. The van der Waals surface area contributed by atoms with Crippen molar-refractivity contribution in [2.45, 2.75) is 13.3 Å². The molecule has 8 nitrogen and oxygen atoms in total. The molecule has 3 rings (SSSR count). The highest BCUT2D eigenvalue weighted by molar-refractivity contribution is 6.04. The van der Waals surface area contributed by atoms with E-state index >= 15 is 0 Å². The van der Waals surface area contributed by atoms with Gasteiger partial charge in [0.1, 0.15) is 23.0 Å². The first-order valence-electron chi connectivity index (χ1n) is 9.24. The Morgan fingerprint density at radius 3 is 2.57 bits per heavy atom. The van der Waals surface area contributed by atoms with Gasteiger partial charge in [-0.1, -0.05) is 11.6 Å². The Bertz CT molecular complexity index is 982. The summed E-state index contributed by atoms with van der Waals surface area (Å²) in [6.07, 6.45) is 2.39. The topological polar surface area (TPSA) is 113 Å². The number of halogens is 2. The fourth-order valence-electron chi connectivity index (χ4n) is 3.16. The second-order valence-electron chi connectivity index (χ2n) is 6.95. The summed E-state index contributed by atoms with van der Waals surface area (Å²) in [4.78, 5) is 18.3. The van der Waals surface area contributed by atoms with E-state index in [4.69, 9.17) is 11.6 Å². The number of pyridine rings is 1.